The Morgan fingerprint density at radius 3 is 2.76 bits per heavy atom. The Morgan fingerprint density at radius 2 is 2.18 bits per heavy atom. The summed E-state index contributed by atoms with van der Waals surface area (Å²) in [7, 11) is -4.39. The summed E-state index contributed by atoms with van der Waals surface area (Å²) in [6.07, 6.45) is 2.68. The Hall–Kier alpha value is 0.460. The highest BCUT2D eigenvalue weighted by Gasteiger charge is 2.37. The molecule has 1 heterocycles. The zero-order chi connectivity index (χ0) is 12.6. The Labute approximate surface area is 111 Å². The van der Waals surface area contributed by atoms with Crippen LogP contribution in [0.5, 0.6) is 0 Å². The van der Waals surface area contributed by atoms with Gasteiger partial charge in [-0.3, -0.25) is 4.79 Å². The van der Waals surface area contributed by atoms with Crippen molar-refractivity contribution in [3.8, 4) is 0 Å². The van der Waals surface area contributed by atoms with Crippen LogP contribution in [0.25, 0.3) is 0 Å². The first-order chi connectivity index (χ1) is 7.87. The monoisotopic (exact) mass is 316 g/mol. The lowest BCUT2D eigenvalue weighted by molar-refractivity contribution is -1.91. The van der Waals surface area contributed by atoms with Gasteiger partial charge in [-0.25, -0.2) is 0 Å². The van der Waals surface area contributed by atoms with Crippen LogP contribution in [0.3, 0.4) is 0 Å². The van der Waals surface area contributed by atoms with Gasteiger partial charge in [-0.2, -0.15) is 14.0 Å². The lowest BCUT2D eigenvalue weighted by atomic mass is 10.3. The van der Waals surface area contributed by atoms with E-state index in [2.05, 4.69) is 3.74 Å². The summed E-state index contributed by atoms with van der Waals surface area (Å²) in [6, 6.07) is 0. The fourth-order valence-electron chi connectivity index (χ4n) is 1.59. The molecule has 1 atom stereocenters. The Bertz CT molecular complexity index is 425. The van der Waals surface area contributed by atoms with Gasteiger partial charge in [0.25, 0.3) is 0 Å². The smallest absolute Gasteiger partial charge is 0.191 e. The van der Waals surface area contributed by atoms with Gasteiger partial charge in [0.1, 0.15) is 3.74 Å². The van der Waals surface area contributed by atoms with Crippen LogP contribution in [0.2, 0.25) is 0 Å². The molecule has 1 unspecified atom stereocenters. The number of rotatable bonds is 2. The van der Waals surface area contributed by atoms with Gasteiger partial charge >= 0.3 is 0 Å². The molecule has 1 aliphatic carbocycles. The van der Waals surface area contributed by atoms with Crippen LogP contribution in [-0.2, 0) is 8.53 Å². The molecule has 0 fully saturated rings. The minimum absolute atomic E-state index is 0.137. The highest BCUT2D eigenvalue weighted by Crippen LogP contribution is 2.56. The first-order valence-electron chi connectivity index (χ1n) is 4.68. The molecule has 0 spiro atoms. The average molecular weight is 317 g/mol. The molecule has 0 aromatic rings. The van der Waals surface area contributed by atoms with E-state index in [-0.39, 0.29) is 5.12 Å². The number of allylic oxidation sites excluding steroid dienone is 1. The van der Waals surface area contributed by atoms with Gasteiger partial charge in [0.05, 0.1) is 14.4 Å². The summed E-state index contributed by atoms with van der Waals surface area (Å²) in [4.78, 5) is 12.2. The second kappa shape index (κ2) is 5.22. The van der Waals surface area contributed by atoms with Crippen molar-refractivity contribution < 1.29 is 32.8 Å². The molecule has 17 heavy (non-hydrogen) atoms. The number of hydrogen-bond donors (Lipinski definition) is 0. The van der Waals surface area contributed by atoms with Gasteiger partial charge in [0.2, 0.25) is 0 Å². The average Bonchev–Trinajstić information content (AvgIpc) is 2.67. The molecule has 0 saturated heterocycles. The van der Waals surface area contributed by atoms with Gasteiger partial charge in [-0.1, -0.05) is 0 Å². The summed E-state index contributed by atoms with van der Waals surface area (Å²) < 4.78 is 36.9. The van der Waals surface area contributed by atoms with E-state index in [1.807, 2.05) is 0 Å². The molecule has 96 valence electrons. The van der Waals surface area contributed by atoms with Gasteiger partial charge in [0.15, 0.2) is 14.9 Å². The van der Waals surface area contributed by atoms with E-state index >= 15 is 0 Å². The van der Waals surface area contributed by atoms with Crippen LogP contribution in [0, 0.1) is 10.2 Å². The maximum atomic E-state index is 11.1. The maximum Gasteiger partial charge on any atom is 0.191 e. The third-order valence-corrected chi connectivity index (χ3v) is 8.30. The van der Waals surface area contributed by atoms with Crippen molar-refractivity contribution in [2.75, 3.05) is 0 Å². The second-order valence-corrected chi connectivity index (χ2v) is 9.05. The molecule has 0 N–H and O–H groups in total. The van der Waals surface area contributed by atoms with Crippen LogP contribution >= 0.6 is 32.4 Å². The third-order valence-electron chi connectivity index (χ3n) is 2.11. The predicted molar refractivity (Wildman–Crippen MR) is 60.4 cm³/mol. The number of thioether (sulfide) groups is 1. The van der Waals surface area contributed by atoms with Crippen molar-refractivity contribution >= 4 is 41.7 Å². The quantitative estimate of drug-likeness (QED) is 0.505. The van der Waals surface area contributed by atoms with Crippen molar-refractivity contribution in [3.63, 3.8) is 0 Å². The molecule has 0 amide bonds. The fourth-order valence-corrected chi connectivity index (χ4v) is 8.33. The third kappa shape index (κ3) is 3.48. The van der Waals surface area contributed by atoms with Gasteiger partial charge < -0.3 is 0 Å². The van der Waals surface area contributed by atoms with Crippen LogP contribution < -0.4 is 14.0 Å². The minimum Gasteiger partial charge on any atom is -0.287 e. The fraction of sp³-hybridized carbons (Fsp3) is 0.500. The summed E-state index contributed by atoms with van der Waals surface area (Å²) in [5.41, 5.74) is 0.998. The highest BCUT2D eigenvalue weighted by molar-refractivity contribution is 8.86. The summed E-state index contributed by atoms with van der Waals surface area (Å²) in [5.74, 6) is 0. The number of halogens is 1. The topological polar surface area (TPSA) is 95.5 Å². The van der Waals surface area contributed by atoms with Crippen molar-refractivity contribution in [1.82, 2.24) is 0 Å². The highest BCUT2D eigenvalue weighted by atomic mass is 35.7. The number of hydrogen-bond acceptors (Lipinski definition) is 7. The molecular formula is C8H9ClO5S3. The molecule has 5 nitrogen and oxygen atoms in total. The van der Waals surface area contributed by atoms with E-state index in [0.717, 1.165) is 41.5 Å². The maximum absolute atomic E-state index is 11.1. The Morgan fingerprint density at radius 1 is 1.47 bits per heavy atom. The molecular weight excluding hydrogens is 308 g/mol. The first-order valence-corrected chi connectivity index (χ1v) is 9.21. The van der Waals surface area contributed by atoms with Crippen molar-refractivity contribution in [3.05, 3.63) is 10.5 Å². The van der Waals surface area contributed by atoms with E-state index < -0.39 is 20.0 Å². The zero-order valence-corrected chi connectivity index (χ0v) is 12.0. The molecule has 2 aliphatic rings. The van der Waals surface area contributed by atoms with Crippen LogP contribution in [0.4, 0.5) is 0 Å². The van der Waals surface area contributed by atoms with Crippen molar-refractivity contribution in [1.29, 1.82) is 0 Å². The van der Waals surface area contributed by atoms with Crippen molar-refractivity contribution in [2.45, 2.75) is 26.2 Å². The molecule has 0 aromatic heterocycles. The lowest BCUT2D eigenvalue weighted by Gasteiger charge is -2.13. The molecule has 0 aromatic carbocycles. The molecule has 0 bridgehead atoms. The van der Waals surface area contributed by atoms with E-state index in [1.54, 1.807) is 0 Å². The Kier molecular flexibility index (Phi) is 4.26. The molecule has 2 rings (SSSR count). The minimum atomic E-state index is -4.46. The van der Waals surface area contributed by atoms with E-state index in [0.29, 0.717) is 4.20 Å². The van der Waals surface area contributed by atoms with E-state index in [9.17, 15) is 18.8 Å². The van der Waals surface area contributed by atoms with Crippen LogP contribution in [0.15, 0.2) is 10.5 Å². The summed E-state index contributed by atoms with van der Waals surface area (Å²) >= 11 is 0.966. The van der Waals surface area contributed by atoms with Gasteiger partial charge in [0, 0.05) is 11.8 Å². The van der Waals surface area contributed by atoms with E-state index in [1.165, 1.54) is 17.7 Å². The largest absolute Gasteiger partial charge is 0.287 e. The Balaban J connectivity index is 2.24. The summed E-state index contributed by atoms with van der Waals surface area (Å²) in [5, 5.41) is -0.137. The molecule has 1 aliphatic heterocycles. The first kappa shape index (κ1) is 13.9. The van der Waals surface area contributed by atoms with Gasteiger partial charge in [-0.15, -0.1) is 0 Å². The number of carbonyl (C=O) groups excluding carboxylic acids is 1. The van der Waals surface area contributed by atoms with E-state index in [4.69, 9.17) is 0 Å². The molecule has 9 heteroatoms. The van der Waals surface area contributed by atoms with Crippen molar-refractivity contribution in [2.24, 2.45) is 0 Å². The van der Waals surface area contributed by atoms with Crippen LogP contribution in [0.1, 0.15) is 26.2 Å². The zero-order valence-electron chi connectivity index (χ0n) is 8.77. The lowest BCUT2D eigenvalue weighted by Crippen LogP contribution is -2.60. The standard InChI is InChI=1S/C8H9ClO5S3/c1-5(10)15-8-6-3-2-4-7(6)16-17(8)14-9(11,12)13/h2-4H2,1H3. The SMILES string of the molecule is CC(=O)SC1=S(O[Cl+3]([O-])([O-])[O-])SC2=C1CCC2. The number of carbonyl (C=O) groups is 1. The second-order valence-electron chi connectivity index (χ2n) is 3.40. The predicted octanol–water partition coefficient (Wildman–Crippen LogP) is -0.406. The van der Waals surface area contributed by atoms with Gasteiger partial charge in [-0.05, 0) is 47.4 Å². The van der Waals surface area contributed by atoms with Crippen LogP contribution in [-0.4, -0.2) is 9.31 Å². The summed E-state index contributed by atoms with van der Waals surface area (Å²) in [6.45, 7) is 1.40. The molecule has 0 saturated carbocycles. The normalized spacial score (nSPS) is 24.5. The molecule has 0 radical (unpaired) electrons.